The average Bonchev–Trinajstić information content (AvgIpc) is 3.23. The Morgan fingerprint density at radius 1 is 1.18 bits per heavy atom. The number of anilines is 1. The fourth-order valence-corrected chi connectivity index (χ4v) is 4.47. The fraction of sp³-hybridized carbons (Fsp3) is 0.333. The third-order valence-corrected chi connectivity index (χ3v) is 5.89. The molecule has 0 radical (unpaired) electrons. The van der Waals surface area contributed by atoms with Gasteiger partial charge in [0.1, 0.15) is 11.4 Å². The molecule has 38 heavy (non-hydrogen) atoms. The minimum absolute atomic E-state index is 0.00241. The molecular weight excluding hydrogens is 508 g/mol. The van der Waals surface area contributed by atoms with E-state index in [2.05, 4.69) is 5.32 Å². The molecule has 1 aliphatic heterocycles. The Morgan fingerprint density at radius 2 is 1.97 bits per heavy atom. The first-order chi connectivity index (χ1) is 18.0. The molecule has 3 aromatic rings. The van der Waals surface area contributed by atoms with Crippen LogP contribution in [0.5, 0.6) is 17.2 Å². The average molecular weight is 539 g/mol. The number of nitrogens with zero attached hydrogens (tertiary/aromatic N) is 3. The second-order valence-corrected chi connectivity index (χ2v) is 10.5. The van der Waals surface area contributed by atoms with Crippen molar-refractivity contribution >= 4 is 35.3 Å². The van der Waals surface area contributed by atoms with E-state index in [1.165, 1.54) is 18.4 Å². The van der Waals surface area contributed by atoms with Crippen molar-refractivity contribution in [3.05, 3.63) is 52.1 Å². The molecule has 10 nitrogen and oxygen atoms in total. The minimum atomic E-state index is -0.817. The van der Waals surface area contributed by atoms with Crippen LogP contribution in [0, 0.1) is 0 Å². The highest BCUT2D eigenvalue weighted by Gasteiger charge is 2.20. The number of methoxy groups -OCH3 is 1. The Morgan fingerprint density at radius 3 is 2.68 bits per heavy atom. The normalized spacial score (nSPS) is 13.8. The van der Waals surface area contributed by atoms with E-state index in [4.69, 9.17) is 29.0 Å². The van der Waals surface area contributed by atoms with Crippen molar-refractivity contribution in [1.82, 2.24) is 4.68 Å². The molecule has 2 heterocycles. The van der Waals surface area contributed by atoms with Gasteiger partial charge in [0.05, 0.1) is 24.7 Å². The molecule has 4 rings (SSSR count). The molecule has 0 saturated carbocycles. The van der Waals surface area contributed by atoms with Gasteiger partial charge in [0, 0.05) is 17.0 Å². The largest absolute Gasteiger partial charge is 0.514 e. The van der Waals surface area contributed by atoms with Gasteiger partial charge in [-0.15, -0.1) is 11.3 Å². The predicted molar refractivity (Wildman–Crippen MR) is 145 cm³/mol. The van der Waals surface area contributed by atoms with Crippen molar-refractivity contribution in [2.24, 2.45) is 10.1 Å². The van der Waals surface area contributed by atoms with Gasteiger partial charge in [-0.25, -0.2) is 9.47 Å². The number of thiazole rings is 1. The highest BCUT2D eigenvalue weighted by Crippen LogP contribution is 2.33. The van der Waals surface area contributed by atoms with E-state index in [0.29, 0.717) is 27.6 Å². The number of ether oxygens (including phenoxy) is 4. The number of amides is 1. The number of fused-ring (bicyclic) bond motifs is 1. The predicted octanol–water partition coefficient (Wildman–Crippen LogP) is 5.06. The number of hydrogen-bond acceptors (Lipinski definition) is 9. The van der Waals surface area contributed by atoms with Gasteiger partial charge in [0.2, 0.25) is 4.80 Å². The van der Waals surface area contributed by atoms with Crippen LogP contribution in [0.2, 0.25) is 0 Å². The number of benzene rings is 2. The summed E-state index contributed by atoms with van der Waals surface area (Å²) in [5.41, 5.74) is 2.27. The summed E-state index contributed by atoms with van der Waals surface area (Å²) in [6, 6.07) is 10.7. The van der Waals surface area contributed by atoms with Crippen molar-refractivity contribution in [3.8, 4) is 28.5 Å². The molecule has 1 aliphatic rings. The van der Waals surface area contributed by atoms with Gasteiger partial charge in [-0.05, 0) is 76.6 Å². The molecule has 1 aromatic heterocycles. The summed E-state index contributed by atoms with van der Waals surface area (Å²) >= 11 is 1.46. The third kappa shape index (κ3) is 6.60. The second kappa shape index (κ2) is 11.1. The number of carbonyl (C=O) groups is 2. The van der Waals surface area contributed by atoms with E-state index in [1.807, 2.05) is 37.4 Å². The van der Waals surface area contributed by atoms with Crippen molar-refractivity contribution in [2.45, 2.75) is 46.3 Å². The van der Waals surface area contributed by atoms with Crippen molar-refractivity contribution < 1.29 is 28.5 Å². The number of rotatable bonds is 6. The van der Waals surface area contributed by atoms with Gasteiger partial charge >= 0.3 is 6.16 Å². The van der Waals surface area contributed by atoms with Gasteiger partial charge in [-0.2, -0.15) is 5.10 Å². The topological polar surface area (TPSA) is 113 Å². The summed E-state index contributed by atoms with van der Waals surface area (Å²) < 4.78 is 23.2. The third-order valence-electron chi connectivity index (χ3n) is 5.05. The molecule has 2 aromatic carbocycles. The first-order valence-corrected chi connectivity index (χ1v) is 12.8. The smallest absolute Gasteiger partial charge is 0.493 e. The zero-order valence-corrected chi connectivity index (χ0v) is 22.9. The molecule has 0 atom stereocenters. The van der Waals surface area contributed by atoms with Crippen LogP contribution in [0.4, 0.5) is 10.5 Å². The number of carbonyl (C=O) groups excluding carboxylic acids is 2. The van der Waals surface area contributed by atoms with Crippen LogP contribution in [0.1, 0.15) is 40.2 Å². The van der Waals surface area contributed by atoms with Gasteiger partial charge in [-0.1, -0.05) is 0 Å². The first-order valence-electron chi connectivity index (χ1n) is 12.0. The van der Waals surface area contributed by atoms with Crippen molar-refractivity contribution in [1.29, 1.82) is 0 Å². The van der Waals surface area contributed by atoms with Crippen LogP contribution in [0.25, 0.3) is 11.3 Å². The fourth-order valence-electron chi connectivity index (χ4n) is 3.50. The van der Waals surface area contributed by atoms with E-state index in [9.17, 15) is 9.59 Å². The van der Waals surface area contributed by atoms with E-state index < -0.39 is 11.8 Å². The second-order valence-electron chi connectivity index (χ2n) is 9.71. The van der Waals surface area contributed by atoms with Crippen molar-refractivity contribution in [3.63, 3.8) is 0 Å². The molecule has 0 bridgehead atoms. The highest BCUT2D eigenvalue weighted by atomic mass is 32.1. The maximum Gasteiger partial charge on any atom is 0.514 e. The SMILES string of the molecule is COc1cc(C=Nn2c(-c3ccc4c(c3)NC(=O)CO4)csc2=NC(C)C)ccc1OC(=O)OC(C)(C)C. The van der Waals surface area contributed by atoms with Gasteiger partial charge < -0.3 is 24.3 Å². The molecule has 0 unspecified atom stereocenters. The maximum absolute atomic E-state index is 12.1. The summed E-state index contributed by atoms with van der Waals surface area (Å²) in [4.78, 5) is 29.3. The van der Waals surface area contributed by atoms with Crippen LogP contribution in [-0.4, -0.2) is 48.3 Å². The van der Waals surface area contributed by atoms with Crippen LogP contribution in [0.15, 0.2) is 51.9 Å². The molecule has 0 aliphatic carbocycles. The number of nitrogens with one attached hydrogen (secondary N) is 1. The summed E-state index contributed by atoms with van der Waals surface area (Å²) in [6.45, 7) is 9.26. The molecule has 1 amide bonds. The minimum Gasteiger partial charge on any atom is -0.493 e. The Kier molecular flexibility index (Phi) is 7.86. The summed E-state index contributed by atoms with van der Waals surface area (Å²) in [6.07, 6.45) is 0.848. The lowest BCUT2D eigenvalue weighted by Crippen LogP contribution is -2.26. The van der Waals surface area contributed by atoms with Crippen molar-refractivity contribution in [2.75, 3.05) is 19.0 Å². The molecule has 1 N–H and O–H groups in total. The van der Waals surface area contributed by atoms with Gasteiger partial charge in [-0.3, -0.25) is 9.79 Å². The molecule has 11 heteroatoms. The van der Waals surface area contributed by atoms with E-state index in [1.54, 1.807) is 49.9 Å². The lowest BCUT2D eigenvalue weighted by molar-refractivity contribution is -0.118. The number of aromatic nitrogens is 1. The Bertz CT molecular complexity index is 1450. The first kappa shape index (κ1) is 26.9. The Labute approximate surface area is 224 Å². The Hall–Kier alpha value is -4.12. The van der Waals surface area contributed by atoms with Gasteiger partial charge in [0.15, 0.2) is 18.1 Å². The van der Waals surface area contributed by atoms with E-state index >= 15 is 0 Å². The van der Waals surface area contributed by atoms with E-state index in [-0.39, 0.29) is 24.3 Å². The lowest BCUT2D eigenvalue weighted by Gasteiger charge is -2.19. The summed E-state index contributed by atoms with van der Waals surface area (Å²) in [5, 5.41) is 9.51. The quantitative estimate of drug-likeness (QED) is 0.267. The van der Waals surface area contributed by atoms with Gasteiger partial charge in [0.25, 0.3) is 5.91 Å². The molecule has 0 fully saturated rings. The van der Waals surface area contributed by atoms with Crippen LogP contribution in [0.3, 0.4) is 0 Å². The molecule has 0 spiro atoms. The molecular formula is C27H30N4O6S. The van der Waals surface area contributed by atoms with Crippen LogP contribution >= 0.6 is 11.3 Å². The van der Waals surface area contributed by atoms with E-state index in [0.717, 1.165) is 11.3 Å². The monoisotopic (exact) mass is 538 g/mol. The standard InChI is InChI=1S/C27H30N4O6S/c1-16(2)29-25-31(20(15-38-25)18-8-10-21-19(12-18)30-24(32)14-35-21)28-13-17-7-9-22(23(11-17)34-6)36-26(33)37-27(3,4)5/h7-13,15-16H,14H2,1-6H3,(H,30,32). The Balaban J connectivity index is 1.66. The van der Waals surface area contributed by atoms with Crippen LogP contribution < -0.4 is 24.3 Å². The zero-order valence-electron chi connectivity index (χ0n) is 22.1. The molecule has 200 valence electrons. The number of hydrogen-bond donors (Lipinski definition) is 1. The summed E-state index contributed by atoms with van der Waals surface area (Å²) in [7, 11) is 1.49. The lowest BCUT2D eigenvalue weighted by atomic mass is 10.1. The van der Waals surface area contributed by atoms with Crippen LogP contribution in [-0.2, 0) is 9.53 Å². The maximum atomic E-state index is 12.1. The highest BCUT2D eigenvalue weighted by molar-refractivity contribution is 7.07. The molecule has 0 saturated heterocycles. The zero-order chi connectivity index (χ0) is 27.4. The summed E-state index contributed by atoms with van der Waals surface area (Å²) in [5.74, 6) is 1.00.